The summed E-state index contributed by atoms with van der Waals surface area (Å²) in [4.78, 5) is 59.8. The minimum Gasteiger partial charge on any atom is -0.355 e. The molecule has 0 spiro atoms. The molecule has 4 aromatic rings. The van der Waals surface area contributed by atoms with Crippen LogP contribution in [0.1, 0.15) is 52.2 Å². The molecule has 0 saturated carbocycles. The average molecular weight is 623 g/mol. The van der Waals surface area contributed by atoms with Crippen LogP contribution >= 0.6 is 0 Å². The van der Waals surface area contributed by atoms with Crippen LogP contribution in [0.5, 0.6) is 0 Å². The molecule has 238 valence electrons. The lowest BCUT2D eigenvalue weighted by atomic mass is 10.0. The molecule has 0 radical (unpaired) electrons. The molecule has 1 aliphatic rings. The maximum absolute atomic E-state index is 13.9. The van der Waals surface area contributed by atoms with Gasteiger partial charge in [0.15, 0.2) is 5.69 Å². The van der Waals surface area contributed by atoms with Crippen molar-refractivity contribution in [3.05, 3.63) is 108 Å². The first-order valence-corrected chi connectivity index (χ1v) is 15.4. The highest BCUT2D eigenvalue weighted by molar-refractivity contribution is 5.98. The molecule has 0 aliphatic carbocycles. The number of para-hydroxylation sites is 1. The molecule has 46 heavy (non-hydrogen) atoms. The van der Waals surface area contributed by atoms with Crippen molar-refractivity contribution < 1.29 is 19.2 Å². The van der Waals surface area contributed by atoms with E-state index in [2.05, 4.69) is 31.2 Å². The van der Waals surface area contributed by atoms with E-state index in [1.165, 1.54) is 22.0 Å². The normalized spacial score (nSPS) is 18.3. The lowest BCUT2D eigenvalue weighted by Crippen LogP contribution is -2.55. The number of pyridine rings is 1. The number of benzene rings is 2. The Morgan fingerprint density at radius 1 is 0.978 bits per heavy atom. The van der Waals surface area contributed by atoms with Crippen molar-refractivity contribution in [2.75, 3.05) is 19.6 Å². The molecule has 4 amide bonds. The molecular weight excluding hydrogens is 584 g/mol. The zero-order chi connectivity index (χ0) is 32.5. The third-order valence-electron chi connectivity index (χ3n) is 7.72. The van der Waals surface area contributed by atoms with E-state index in [4.69, 9.17) is 0 Å². The van der Waals surface area contributed by atoms with Crippen LogP contribution in [0.15, 0.2) is 85.3 Å². The van der Waals surface area contributed by atoms with Gasteiger partial charge in [-0.3, -0.25) is 24.2 Å². The number of aromatic nitrogens is 4. The first-order valence-electron chi connectivity index (χ1n) is 15.4. The number of rotatable bonds is 5. The largest absolute Gasteiger partial charge is 0.355 e. The van der Waals surface area contributed by atoms with Gasteiger partial charge in [0.25, 0.3) is 11.8 Å². The maximum Gasteiger partial charge on any atom is 0.276 e. The molecule has 12 nitrogen and oxygen atoms in total. The fraction of sp³-hybridized carbons (Fsp3) is 0.324. The van der Waals surface area contributed by atoms with Crippen molar-refractivity contribution >= 4 is 23.6 Å². The van der Waals surface area contributed by atoms with Crippen LogP contribution in [0.25, 0.3) is 5.69 Å². The molecule has 0 saturated heterocycles. The van der Waals surface area contributed by atoms with E-state index in [1.807, 2.05) is 74.5 Å². The fourth-order valence-electron chi connectivity index (χ4n) is 5.32. The Morgan fingerprint density at radius 3 is 2.46 bits per heavy atom. The van der Waals surface area contributed by atoms with Gasteiger partial charge < -0.3 is 20.9 Å². The van der Waals surface area contributed by atoms with Crippen molar-refractivity contribution in [3.63, 3.8) is 0 Å². The second-order valence-corrected chi connectivity index (χ2v) is 11.7. The van der Waals surface area contributed by atoms with Crippen molar-refractivity contribution in [2.24, 2.45) is 5.92 Å². The SMILES string of the molecule is CC(C)[C@H]1NC(=O)c2cncc(c2)CCCNC(=O)CN(C(=O)c2cn(-c3ccccc3)nn2)C[C@@H](Cc2ccccc2)NC1=O. The van der Waals surface area contributed by atoms with Gasteiger partial charge in [-0.2, -0.15) is 0 Å². The minimum absolute atomic E-state index is 0.00847. The second-order valence-electron chi connectivity index (χ2n) is 11.7. The molecule has 3 N–H and O–H groups in total. The summed E-state index contributed by atoms with van der Waals surface area (Å²) in [5, 5.41) is 17.1. The number of hydrogen-bond acceptors (Lipinski definition) is 7. The summed E-state index contributed by atoms with van der Waals surface area (Å²) in [6.45, 7) is 3.82. The Balaban J connectivity index is 1.46. The van der Waals surface area contributed by atoms with Gasteiger partial charge in [-0.15, -0.1) is 5.10 Å². The Bertz CT molecular complexity index is 1660. The highest BCUT2D eigenvalue weighted by Crippen LogP contribution is 2.13. The van der Waals surface area contributed by atoms with E-state index in [0.29, 0.717) is 31.4 Å². The summed E-state index contributed by atoms with van der Waals surface area (Å²) in [5.41, 5.74) is 2.90. The Labute approximate surface area is 267 Å². The van der Waals surface area contributed by atoms with E-state index >= 15 is 0 Å². The number of hydrogen-bond donors (Lipinski definition) is 3. The quantitative estimate of drug-likeness (QED) is 0.309. The molecule has 2 aromatic carbocycles. The topological polar surface area (TPSA) is 151 Å². The third-order valence-corrected chi connectivity index (χ3v) is 7.72. The number of fused-ring (bicyclic) bond motifs is 2. The van der Waals surface area contributed by atoms with Gasteiger partial charge in [-0.25, -0.2) is 4.68 Å². The second kappa shape index (κ2) is 15.1. The van der Waals surface area contributed by atoms with Gasteiger partial charge in [0.05, 0.1) is 30.0 Å². The monoisotopic (exact) mass is 622 g/mol. The number of nitrogens with zero attached hydrogens (tertiary/aromatic N) is 5. The van der Waals surface area contributed by atoms with Gasteiger partial charge in [0.2, 0.25) is 11.8 Å². The Kier molecular flexibility index (Phi) is 10.5. The summed E-state index contributed by atoms with van der Waals surface area (Å²) in [6.07, 6.45) is 6.22. The highest BCUT2D eigenvalue weighted by atomic mass is 16.2. The van der Waals surface area contributed by atoms with Gasteiger partial charge in [-0.05, 0) is 54.5 Å². The number of aryl methyl sites for hydroxylation is 1. The smallest absolute Gasteiger partial charge is 0.276 e. The molecule has 2 atom stereocenters. The van der Waals surface area contributed by atoms with Crippen LogP contribution in [0.2, 0.25) is 0 Å². The Hall–Kier alpha value is -5.39. The maximum atomic E-state index is 13.9. The van der Waals surface area contributed by atoms with E-state index in [0.717, 1.165) is 16.8 Å². The lowest BCUT2D eigenvalue weighted by molar-refractivity contribution is -0.124. The molecule has 2 aromatic heterocycles. The summed E-state index contributed by atoms with van der Waals surface area (Å²) in [5.74, 6) is -1.89. The summed E-state index contributed by atoms with van der Waals surface area (Å²) in [6, 6.07) is 19.1. The first-order chi connectivity index (χ1) is 22.3. The molecule has 0 fully saturated rings. The lowest BCUT2D eigenvalue weighted by Gasteiger charge is -2.30. The summed E-state index contributed by atoms with van der Waals surface area (Å²) < 4.78 is 1.50. The van der Waals surface area contributed by atoms with Crippen LogP contribution in [0, 0.1) is 5.92 Å². The Morgan fingerprint density at radius 2 is 1.72 bits per heavy atom. The number of carbonyl (C=O) groups excluding carboxylic acids is 4. The number of amides is 4. The molecule has 0 unspecified atom stereocenters. The number of nitrogens with one attached hydrogen (secondary N) is 3. The third kappa shape index (κ3) is 8.40. The van der Waals surface area contributed by atoms with Crippen LogP contribution in [0.4, 0.5) is 0 Å². The molecule has 3 heterocycles. The van der Waals surface area contributed by atoms with Gasteiger partial charge >= 0.3 is 0 Å². The molecule has 5 rings (SSSR count). The van der Waals surface area contributed by atoms with Gasteiger partial charge in [0.1, 0.15) is 6.04 Å². The molecule has 12 heteroatoms. The predicted octanol–water partition coefficient (Wildman–Crippen LogP) is 2.35. The predicted molar refractivity (Wildman–Crippen MR) is 171 cm³/mol. The van der Waals surface area contributed by atoms with Crippen molar-refractivity contribution in [1.29, 1.82) is 0 Å². The summed E-state index contributed by atoms with van der Waals surface area (Å²) in [7, 11) is 0. The van der Waals surface area contributed by atoms with Crippen LogP contribution < -0.4 is 16.0 Å². The van der Waals surface area contributed by atoms with E-state index in [9.17, 15) is 19.2 Å². The minimum atomic E-state index is -0.858. The average Bonchev–Trinajstić information content (AvgIpc) is 3.56. The van der Waals surface area contributed by atoms with E-state index < -0.39 is 29.8 Å². The zero-order valence-electron chi connectivity index (χ0n) is 25.9. The highest BCUT2D eigenvalue weighted by Gasteiger charge is 2.30. The van der Waals surface area contributed by atoms with Crippen LogP contribution in [-0.2, 0) is 22.4 Å². The van der Waals surface area contributed by atoms with Crippen LogP contribution in [0.3, 0.4) is 0 Å². The molecular formula is C34H38N8O4. The first kappa shape index (κ1) is 32.0. The van der Waals surface area contributed by atoms with Crippen molar-refractivity contribution in [2.45, 2.75) is 45.2 Å². The standard InChI is InChI=1S/C34H38N8O4/c1-23(2)31-33(45)37-27(17-24-10-5-3-6-11-24)20-41(34(46)29-21-42(40-39-29)28-13-7-4-8-14-28)22-30(43)36-15-9-12-25-16-26(19-35-18-25)32(44)38-31/h3-8,10-11,13-14,16,18-19,21,23,27,31H,9,12,15,17,20,22H2,1-2H3,(H,36,43)(H,37,45)(H,38,44)/t27-,31-/m1/s1. The fourth-order valence-corrected chi connectivity index (χ4v) is 5.32. The molecule has 2 bridgehead atoms. The number of carbonyl (C=O) groups is 4. The van der Waals surface area contributed by atoms with Crippen molar-refractivity contribution in [1.82, 2.24) is 40.8 Å². The summed E-state index contributed by atoms with van der Waals surface area (Å²) >= 11 is 0. The van der Waals surface area contributed by atoms with E-state index in [-0.39, 0.29) is 30.6 Å². The van der Waals surface area contributed by atoms with Gasteiger partial charge in [-0.1, -0.05) is 67.6 Å². The zero-order valence-corrected chi connectivity index (χ0v) is 25.9. The van der Waals surface area contributed by atoms with E-state index in [1.54, 1.807) is 12.3 Å². The molecule has 1 aliphatic heterocycles. The van der Waals surface area contributed by atoms with Crippen LogP contribution in [-0.4, -0.2) is 80.2 Å². The van der Waals surface area contributed by atoms with Crippen molar-refractivity contribution in [3.8, 4) is 5.69 Å². The van der Waals surface area contributed by atoms with Gasteiger partial charge in [0, 0.05) is 25.5 Å².